The van der Waals surface area contributed by atoms with Gasteiger partial charge in [0.15, 0.2) is 23.2 Å². The predicted octanol–water partition coefficient (Wildman–Crippen LogP) is 2.15. The van der Waals surface area contributed by atoms with Crippen molar-refractivity contribution in [2.45, 2.75) is 43.4 Å². The molecular weight excluding hydrogens is 422 g/mol. The van der Waals surface area contributed by atoms with E-state index in [1.165, 1.54) is 29.0 Å². The molecule has 2 aromatic carbocycles. The Morgan fingerprint density at radius 3 is 2.61 bits per heavy atom. The van der Waals surface area contributed by atoms with Gasteiger partial charge in [-0.05, 0) is 41.2 Å². The van der Waals surface area contributed by atoms with Gasteiger partial charge in [0.05, 0.1) is 19.0 Å². The highest BCUT2D eigenvalue weighted by molar-refractivity contribution is 5.84. The molecule has 4 aromatic rings. The Kier molecular flexibility index (Phi) is 4.99. The molecule has 1 saturated heterocycles. The van der Waals surface area contributed by atoms with Gasteiger partial charge in [-0.1, -0.05) is 36.4 Å². The minimum Gasteiger partial charge on any atom is -0.394 e. The van der Waals surface area contributed by atoms with Crippen LogP contribution in [0.15, 0.2) is 55.1 Å². The van der Waals surface area contributed by atoms with Crippen LogP contribution in [0.3, 0.4) is 0 Å². The number of fused-ring (bicyclic) bond motifs is 2. The van der Waals surface area contributed by atoms with Crippen LogP contribution in [0.5, 0.6) is 0 Å². The van der Waals surface area contributed by atoms with Gasteiger partial charge in [0, 0.05) is 0 Å². The number of nitrogens with zero attached hydrogens (tertiary/aromatic N) is 4. The molecule has 4 N–H and O–H groups in total. The Bertz CT molecular complexity index is 1310. The summed E-state index contributed by atoms with van der Waals surface area (Å²) in [6, 6.07) is 14.9. The topological polar surface area (TPSA) is 126 Å². The van der Waals surface area contributed by atoms with E-state index in [1.54, 1.807) is 4.57 Å². The zero-order valence-corrected chi connectivity index (χ0v) is 17.8. The minimum absolute atomic E-state index is 0.0896. The van der Waals surface area contributed by atoms with Gasteiger partial charge in [0.1, 0.15) is 24.6 Å². The van der Waals surface area contributed by atoms with Gasteiger partial charge in [0.25, 0.3) is 0 Å². The molecule has 0 spiro atoms. The summed E-state index contributed by atoms with van der Waals surface area (Å²) >= 11 is 0. The van der Waals surface area contributed by atoms with Crippen molar-refractivity contribution in [2.75, 3.05) is 11.9 Å². The third-order valence-corrected chi connectivity index (χ3v) is 6.67. The first-order chi connectivity index (χ1) is 16.1. The smallest absolute Gasteiger partial charge is 0.167 e. The third kappa shape index (κ3) is 3.53. The van der Waals surface area contributed by atoms with Gasteiger partial charge in [-0.3, -0.25) is 4.57 Å². The second kappa shape index (κ2) is 8.03. The molecule has 9 heteroatoms. The van der Waals surface area contributed by atoms with Crippen LogP contribution in [0.2, 0.25) is 0 Å². The molecule has 6 rings (SSSR count). The number of ether oxygens (including phenoxy) is 1. The van der Waals surface area contributed by atoms with Crippen LogP contribution in [0.4, 0.5) is 5.82 Å². The van der Waals surface area contributed by atoms with Gasteiger partial charge in [-0.25, -0.2) is 15.0 Å². The van der Waals surface area contributed by atoms with Crippen LogP contribution in [-0.2, 0) is 4.74 Å². The maximum atomic E-state index is 10.4. The second-order valence-electron chi connectivity index (χ2n) is 8.84. The maximum absolute atomic E-state index is 10.4. The van der Waals surface area contributed by atoms with Crippen LogP contribution in [-0.4, -0.2) is 59.8 Å². The number of aliphatic hydroxyl groups is 3. The largest absolute Gasteiger partial charge is 0.394 e. The van der Waals surface area contributed by atoms with Gasteiger partial charge in [0.2, 0.25) is 0 Å². The van der Waals surface area contributed by atoms with Gasteiger partial charge in [-0.15, -0.1) is 0 Å². The Morgan fingerprint density at radius 2 is 1.85 bits per heavy atom. The van der Waals surface area contributed by atoms with E-state index in [0.29, 0.717) is 22.9 Å². The molecule has 0 amide bonds. The average molecular weight is 447 g/mol. The first kappa shape index (κ1) is 20.5. The second-order valence-corrected chi connectivity index (χ2v) is 8.84. The normalized spacial score (nSPS) is 26.2. The van der Waals surface area contributed by atoms with Crippen LogP contribution >= 0.6 is 0 Å². The molecule has 1 aliphatic carbocycles. The number of imidazole rings is 1. The number of aromatic nitrogens is 4. The highest BCUT2D eigenvalue weighted by Gasteiger charge is 2.44. The summed E-state index contributed by atoms with van der Waals surface area (Å²) in [5.41, 5.74) is 2.24. The van der Waals surface area contributed by atoms with Gasteiger partial charge in [-0.2, -0.15) is 0 Å². The molecule has 3 unspecified atom stereocenters. The van der Waals surface area contributed by atoms with Crippen LogP contribution in [0.25, 0.3) is 21.9 Å². The zero-order chi connectivity index (χ0) is 22.5. The van der Waals surface area contributed by atoms with E-state index in [1.807, 2.05) is 12.1 Å². The van der Waals surface area contributed by atoms with E-state index in [-0.39, 0.29) is 6.04 Å². The van der Waals surface area contributed by atoms with Crippen molar-refractivity contribution in [1.29, 1.82) is 0 Å². The Balaban J connectivity index is 1.34. The Morgan fingerprint density at radius 1 is 1.03 bits per heavy atom. The molecule has 0 radical (unpaired) electrons. The molecule has 9 nitrogen and oxygen atoms in total. The molecule has 5 atom stereocenters. The van der Waals surface area contributed by atoms with E-state index in [4.69, 9.17) is 4.74 Å². The van der Waals surface area contributed by atoms with Crippen molar-refractivity contribution in [3.63, 3.8) is 0 Å². The van der Waals surface area contributed by atoms with E-state index in [2.05, 4.69) is 50.6 Å². The molecule has 3 heterocycles. The Labute approximate surface area is 189 Å². The van der Waals surface area contributed by atoms with Gasteiger partial charge >= 0.3 is 0 Å². The summed E-state index contributed by atoms with van der Waals surface area (Å²) in [6.45, 7) is -0.391. The molecular formula is C24H25N5O4. The number of hydrogen-bond acceptors (Lipinski definition) is 8. The lowest BCUT2D eigenvalue weighted by Crippen LogP contribution is -2.33. The number of hydrogen-bond donors (Lipinski definition) is 4. The van der Waals surface area contributed by atoms with Crippen LogP contribution in [0, 0.1) is 5.92 Å². The Hall–Kier alpha value is -3.11. The molecule has 33 heavy (non-hydrogen) atoms. The van der Waals surface area contributed by atoms with Gasteiger partial charge < -0.3 is 25.4 Å². The highest BCUT2D eigenvalue weighted by Crippen LogP contribution is 2.44. The minimum atomic E-state index is -1.21. The predicted molar refractivity (Wildman–Crippen MR) is 121 cm³/mol. The highest BCUT2D eigenvalue weighted by atomic mass is 16.6. The van der Waals surface area contributed by atoms with E-state index < -0.39 is 31.1 Å². The fourth-order valence-corrected chi connectivity index (χ4v) is 4.71. The number of benzene rings is 2. The van der Waals surface area contributed by atoms with Crippen molar-refractivity contribution in [1.82, 2.24) is 19.5 Å². The van der Waals surface area contributed by atoms with E-state index in [0.717, 1.165) is 12.8 Å². The summed E-state index contributed by atoms with van der Waals surface area (Å²) in [6.07, 6.45) is 1.11. The lowest BCUT2D eigenvalue weighted by molar-refractivity contribution is -0.0511. The van der Waals surface area contributed by atoms with E-state index in [9.17, 15) is 15.3 Å². The summed E-state index contributed by atoms with van der Waals surface area (Å²) in [5, 5.41) is 36.0. The van der Waals surface area contributed by atoms with Crippen LogP contribution < -0.4 is 5.32 Å². The van der Waals surface area contributed by atoms with E-state index >= 15 is 0 Å². The summed E-state index contributed by atoms with van der Waals surface area (Å²) in [7, 11) is 0. The SMILES string of the molecule is OC[C@H]1O[C@@H](n2cnc3c(NC(c4ccc5ccccc5c4)C4CC4)ncnc32)C(O)C1O. The lowest BCUT2D eigenvalue weighted by atomic mass is 9.98. The van der Waals surface area contributed by atoms with Crippen molar-refractivity contribution in [3.05, 3.63) is 60.7 Å². The first-order valence-corrected chi connectivity index (χ1v) is 11.2. The summed E-state index contributed by atoms with van der Waals surface area (Å²) < 4.78 is 7.24. The monoisotopic (exact) mass is 447 g/mol. The fraction of sp³-hybridized carbons (Fsp3) is 0.375. The average Bonchev–Trinajstić information content (AvgIpc) is 3.54. The van der Waals surface area contributed by atoms with Crippen molar-refractivity contribution in [2.24, 2.45) is 5.92 Å². The zero-order valence-electron chi connectivity index (χ0n) is 17.8. The number of anilines is 1. The summed E-state index contributed by atoms with van der Waals surface area (Å²) in [4.78, 5) is 13.3. The lowest BCUT2D eigenvalue weighted by Gasteiger charge is -2.20. The molecule has 2 aliphatic rings. The number of aliphatic hydroxyl groups excluding tert-OH is 3. The van der Waals surface area contributed by atoms with Crippen LogP contribution in [0.1, 0.15) is 30.7 Å². The number of rotatable bonds is 6. The molecule has 0 bridgehead atoms. The molecule has 2 fully saturated rings. The van der Waals surface area contributed by atoms with Crippen molar-refractivity contribution >= 4 is 27.8 Å². The molecule has 2 aromatic heterocycles. The van der Waals surface area contributed by atoms with Crippen molar-refractivity contribution < 1.29 is 20.1 Å². The standard InChI is InChI=1S/C24H25N5O4/c30-10-17-20(31)21(32)24(33-17)29-12-27-19-22(25-11-26-23(19)29)28-18(14-6-7-14)16-8-5-13-3-1-2-4-15(13)9-16/h1-5,8-9,11-12,14,17-18,20-21,24,30-32H,6-7,10H2,(H,25,26,28)/t17-,18?,20?,21?,24-/m1/s1. The third-order valence-electron chi connectivity index (χ3n) is 6.67. The fourth-order valence-electron chi connectivity index (χ4n) is 4.71. The first-order valence-electron chi connectivity index (χ1n) is 11.2. The van der Waals surface area contributed by atoms with Crippen molar-refractivity contribution in [3.8, 4) is 0 Å². The summed E-state index contributed by atoms with van der Waals surface area (Å²) in [5.74, 6) is 1.12. The maximum Gasteiger partial charge on any atom is 0.167 e. The number of nitrogens with one attached hydrogen (secondary N) is 1. The quantitative estimate of drug-likeness (QED) is 0.354. The molecule has 1 aliphatic heterocycles. The molecule has 1 saturated carbocycles. The molecule has 170 valence electrons.